The van der Waals surface area contributed by atoms with Crippen LogP contribution in [0.4, 0.5) is 0 Å². The van der Waals surface area contributed by atoms with Gasteiger partial charge in [0.2, 0.25) is 0 Å². The molecule has 2 N–H and O–H groups in total. The quantitative estimate of drug-likeness (QED) is 0.549. The number of hydrogen-bond donors (Lipinski definition) is 1. The van der Waals surface area contributed by atoms with E-state index < -0.39 is 0 Å². The Balaban J connectivity index is 2.84. The van der Waals surface area contributed by atoms with Crippen LogP contribution in [-0.2, 0) is 0 Å². The SMILES string of the molecule is Cc1nnc(ON)s1. The zero-order valence-electron chi connectivity index (χ0n) is 4.29. The standard InChI is InChI=1S/C3H5N3OS/c1-2-5-6-3(7-4)8-2/h4H2,1H3. The molecule has 1 aromatic heterocycles. The fourth-order valence-electron chi connectivity index (χ4n) is 0.326. The van der Waals surface area contributed by atoms with E-state index in [1.54, 1.807) is 0 Å². The van der Waals surface area contributed by atoms with Crippen LogP contribution in [0.3, 0.4) is 0 Å². The molecule has 0 saturated carbocycles. The van der Waals surface area contributed by atoms with Crippen molar-refractivity contribution in [3.8, 4) is 5.19 Å². The zero-order valence-corrected chi connectivity index (χ0v) is 5.10. The second kappa shape index (κ2) is 2.06. The summed E-state index contributed by atoms with van der Waals surface area (Å²) in [5.74, 6) is 4.77. The molecule has 8 heavy (non-hydrogen) atoms. The summed E-state index contributed by atoms with van der Waals surface area (Å²) in [6, 6.07) is 0. The Kier molecular flexibility index (Phi) is 1.40. The van der Waals surface area contributed by atoms with Crippen LogP contribution < -0.4 is 10.7 Å². The summed E-state index contributed by atoms with van der Waals surface area (Å²) in [6.07, 6.45) is 0. The summed E-state index contributed by atoms with van der Waals surface area (Å²) in [4.78, 5) is 4.28. The minimum atomic E-state index is 0.405. The summed E-state index contributed by atoms with van der Waals surface area (Å²) in [7, 11) is 0. The Morgan fingerprint density at radius 1 is 1.62 bits per heavy atom. The first-order chi connectivity index (χ1) is 3.83. The maximum absolute atomic E-state index is 4.77. The molecule has 1 aromatic rings. The van der Waals surface area contributed by atoms with Gasteiger partial charge in [-0.15, -0.1) is 5.10 Å². The fraction of sp³-hybridized carbons (Fsp3) is 0.333. The maximum atomic E-state index is 4.77. The van der Waals surface area contributed by atoms with E-state index in [9.17, 15) is 0 Å². The second-order valence-electron chi connectivity index (χ2n) is 1.20. The van der Waals surface area contributed by atoms with Gasteiger partial charge in [0.1, 0.15) is 5.01 Å². The number of aryl methyl sites for hydroxylation is 1. The number of rotatable bonds is 1. The highest BCUT2D eigenvalue weighted by Gasteiger charge is 1.95. The van der Waals surface area contributed by atoms with Crippen molar-refractivity contribution in [1.82, 2.24) is 10.2 Å². The van der Waals surface area contributed by atoms with Gasteiger partial charge in [-0.05, 0) is 6.92 Å². The smallest absolute Gasteiger partial charge is 0.314 e. The van der Waals surface area contributed by atoms with Crippen molar-refractivity contribution in [2.75, 3.05) is 0 Å². The van der Waals surface area contributed by atoms with Crippen LogP contribution in [0.25, 0.3) is 0 Å². The molecule has 1 rings (SSSR count). The van der Waals surface area contributed by atoms with E-state index in [-0.39, 0.29) is 0 Å². The molecule has 0 amide bonds. The van der Waals surface area contributed by atoms with Gasteiger partial charge in [0, 0.05) is 0 Å². The van der Waals surface area contributed by atoms with Gasteiger partial charge in [-0.2, -0.15) is 5.90 Å². The van der Waals surface area contributed by atoms with Crippen molar-refractivity contribution in [3.05, 3.63) is 5.01 Å². The van der Waals surface area contributed by atoms with E-state index in [0.717, 1.165) is 5.01 Å². The van der Waals surface area contributed by atoms with Crippen molar-refractivity contribution >= 4 is 11.3 Å². The van der Waals surface area contributed by atoms with Crippen molar-refractivity contribution in [2.45, 2.75) is 6.92 Å². The van der Waals surface area contributed by atoms with Gasteiger partial charge in [0.15, 0.2) is 0 Å². The fourth-order valence-corrected chi connectivity index (χ4v) is 0.790. The molecule has 5 heteroatoms. The molecule has 44 valence electrons. The van der Waals surface area contributed by atoms with E-state index in [1.165, 1.54) is 11.3 Å². The minimum Gasteiger partial charge on any atom is -0.378 e. The molecule has 0 aromatic carbocycles. The van der Waals surface area contributed by atoms with E-state index in [4.69, 9.17) is 5.90 Å². The highest BCUT2D eigenvalue weighted by Crippen LogP contribution is 2.13. The van der Waals surface area contributed by atoms with E-state index in [0.29, 0.717) is 5.19 Å². The molecule has 0 aliphatic rings. The topological polar surface area (TPSA) is 61.0 Å². The molecular formula is C3H5N3OS. The number of hydrogen-bond acceptors (Lipinski definition) is 5. The Morgan fingerprint density at radius 2 is 2.38 bits per heavy atom. The Hall–Kier alpha value is -0.680. The first kappa shape index (κ1) is 5.46. The molecule has 4 nitrogen and oxygen atoms in total. The summed E-state index contributed by atoms with van der Waals surface area (Å²) in [6.45, 7) is 1.83. The Bertz CT molecular complexity index is 175. The highest BCUT2D eigenvalue weighted by molar-refractivity contribution is 7.12. The number of nitrogens with two attached hydrogens (primary N) is 1. The second-order valence-corrected chi connectivity index (χ2v) is 2.35. The summed E-state index contributed by atoms with van der Waals surface area (Å²) >= 11 is 1.32. The van der Waals surface area contributed by atoms with Crippen LogP contribution in [0, 0.1) is 6.92 Å². The van der Waals surface area contributed by atoms with Crippen molar-refractivity contribution < 1.29 is 4.84 Å². The Morgan fingerprint density at radius 3 is 2.62 bits per heavy atom. The van der Waals surface area contributed by atoms with Crippen molar-refractivity contribution in [3.63, 3.8) is 0 Å². The molecule has 0 fully saturated rings. The maximum Gasteiger partial charge on any atom is 0.314 e. The Labute approximate surface area is 50.3 Å². The summed E-state index contributed by atoms with van der Waals surface area (Å²) in [5, 5.41) is 8.46. The van der Waals surface area contributed by atoms with Gasteiger partial charge >= 0.3 is 5.19 Å². The van der Waals surface area contributed by atoms with Crippen molar-refractivity contribution in [2.24, 2.45) is 5.90 Å². The van der Waals surface area contributed by atoms with Gasteiger partial charge in [-0.1, -0.05) is 16.4 Å². The van der Waals surface area contributed by atoms with Crippen LogP contribution in [0.2, 0.25) is 0 Å². The van der Waals surface area contributed by atoms with Crippen LogP contribution >= 0.6 is 11.3 Å². The molecule has 1 heterocycles. The normalized spacial score (nSPS) is 9.25. The van der Waals surface area contributed by atoms with Gasteiger partial charge in [-0.25, -0.2) is 0 Å². The van der Waals surface area contributed by atoms with Gasteiger partial charge in [0.05, 0.1) is 0 Å². The first-order valence-corrected chi connectivity index (χ1v) is 2.81. The molecule has 0 radical (unpaired) electrons. The van der Waals surface area contributed by atoms with Crippen LogP contribution in [0.5, 0.6) is 5.19 Å². The summed E-state index contributed by atoms with van der Waals surface area (Å²) in [5.41, 5.74) is 0. The molecule has 0 unspecified atom stereocenters. The van der Waals surface area contributed by atoms with Gasteiger partial charge < -0.3 is 4.84 Å². The lowest BCUT2D eigenvalue weighted by atomic mass is 10.9. The molecule has 0 aliphatic carbocycles. The third kappa shape index (κ3) is 0.932. The lowest BCUT2D eigenvalue weighted by Crippen LogP contribution is -2.00. The largest absolute Gasteiger partial charge is 0.378 e. The monoisotopic (exact) mass is 131 g/mol. The lowest BCUT2D eigenvalue weighted by Gasteiger charge is -1.81. The van der Waals surface area contributed by atoms with Crippen LogP contribution in [-0.4, -0.2) is 10.2 Å². The molecular weight excluding hydrogens is 126 g/mol. The van der Waals surface area contributed by atoms with E-state index in [1.807, 2.05) is 6.92 Å². The average molecular weight is 131 g/mol. The molecule has 0 bridgehead atoms. The highest BCUT2D eigenvalue weighted by atomic mass is 32.1. The molecule has 0 saturated heterocycles. The van der Waals surface area contributed by atoms with Gasteiger partial charge in [0.25, 0.3) is 0 Å². The predicted molar refractivity (Wildman–Crippen MR) is 29.5 cm³/mol. The van der Waals surface area contributed by atoms with Crippen molar-refractivity contribution in [1.29, 1.82) is 0 Å². The van der Waals surface area contributed by atoms with E-state index >= 15 is 0 Å². The predicted octanol–water partition coefficient (Wildman–Crippen LogP) is 0.0990. The lowest BCUT2D eigenvalue weighted by molar-refractivity contribution is 0.329. The average Bonchev–Trinajstić information content (AvgIpc) is 2.14. The number of aromatic nitrogens is 2. The molecule has 0 aliphatic heterocycles. The van der Waals surface area contributed by atoms with Gasteiger partial charge in [-0.3, -0.25) is 0 Å². The van der Waals surface area contributed by atoms with E-state index in [2.05, 4.69) is 15.0 Å². The number of nitrogens with zero attached hydrogens (tertiary/aromatic N) is 2. The van der Waals surface area contributed by atoms with Crippen LogP contribution in [0.1, 0.15) is 5.01 Å². The third-order valence-electron chi connectivity index (χ3n) is 0.608. The van der Waals surface area contributed by atoms with Crippen LogP contribution in [0.15, 0.2) is 0 Å². The minimum absolute atomic E-state index is 0.405. The first-order valence-electron chi connectivity index (χ1n) is 2.00. The summed E-state index contributed by atoms with van der Waals surface area (Å²) < 4.78 is 0. The zero-order chi connectivity index (χ0) is 5.98. The molecule has 0 atom stereocenters. The molecule has 0 spiro atoms. The third-order valence-corrected chi connectivity index (χ3v) is 1.34.